The third-order valence-electron chi connectivity index (χ3n) is 1.28. The Hall–Kier alpha value is 0.250. The van der Waals surface area contributed by atoms with Crippen LogP contribution in [-0.4, -0.2) is 19.6 Å². The maximum Gasteiger partial charge on any atom is 0.0487 e. The zero-order valence-corrected chi connectivity index (χ0v) is 6.95. The fourth-order valence-corrected chi connectivity index (χ4v) is 0.948. The number of hydrogen-bond acceptors (Lipinski definition) is 1. The Balaban J connectivity index is 2.95. The second-order valence-electron chi connectivity index (χ2n) is 2.39. The molecule has 1 unspecified atom stereocenters. The van der Waals surface area contributed by atoms with E-state index in [-0.39, 0.29) is 0 Å². The minimum atomic E-state index is 0.661. The van der Waals surface area contributed by atoms with Crippen molar-refractivity contribution in [2.45, 2.75) is 19.8 Å². The molecule has 0 amide bonds. The van der Waals surface area contributed by atoms with Crippen molar-refractivity contribution in [3.05, 3.63) is 0 Å². The Labute approximate surface area is 62.3 Å². The number of ether oxygens (including phenoxy) is 1. The van der Waals surface area contributed by atoms with Gasteiger partial charge in [0, 0.05) is 19.6 Å². The Morgan fingerprint density at radius 3 is 2.67 bits per heavy atom. The fourth-order valence-electron chi connectivity index (χ4n) is 0.793. The standard InChI is InChI=1S/C7H15ClO/c1-7(6-9-2)4-3-5-8/h7H,3-6H2,1-2H3. The Morgan fingerprint density at radius 1 is 1.56 bits per heavy atom. The predicted molar refractivity (Wildman–Crippen MR) is 41.0 cm³/mol. The van der Waals surface area contributed by atoms with Crippen LogP contribution in [0.15, 0.2) is 0 Å². The molecule has 0 aromatic carbocycles. The summed E-state index contributed by atoms with van der Waals surface area (Å²) in [5.41, 5.74) is 0. The molecule has 1 nitrogen and oxygen atoms in total. The molecule has 0 aliphatic carbocycles. The fraction of sp³-hybridized carbons (Fsp3) is 1.00. The molecule has 0 spiro atoms. The van der Waals surface area contributed by atoms with Crippen molar-refractivity contribution in [1.29, 1.82) is 0 Å². The summed E-state index contributed by atoms with van der Waals surface area (Å²) in [7, 11) is 1.73. The van der Waals surface area contributed by atoms with Gasteiger partial charge in [-0.15, -0.1) is 11.6 Å². The number of alkyl halides is 1. The Kier molecular flexibility index (Phi) is 6.55. The predicted octanol–water partition coefficient (Wildman–Crippen LogP) is 2.29. The van der Waals surface area contributed by atoms with Crippen LogP contribution >= 0.6 is 11.6 Å². The van der Waals surface area contributed by atoms with Gasteiger partial charge in [0.1, 0.15) is 0 Å². The summed E-state index contributed by atoms with van der Waals surface area (Å²) in [6, 6.07) is 0. The summed E-state index contributed by atoms with van der Waals surface area (Å²) in [6.45, 7) is 3.03. The molecule has 0 fully saturated rings. The largest absolute Gasteiger partial charge is 0.384 e. The highest BCUT2D eigenvalue weighted by Gasteiger charge is 1.98. The second kappa shape index (κ2) is 6.37. The van der Waals surface area contributed by atoms with Crippen molar-refractivity contribution in [2.75, 3.05) is 19.6 Å². The van der Waals surface area contributed by atoms with Gasteiger partial charge in [-0.1, -0.05) is 6.92 Å². The minimum absolute atomic E-state index is 0.661. The van der Waals surface area contributed by atoms with Crippen molar-refractivity contribution in [3.63, 3.8) is 0 Å². The molecule has 0 saturated heterocycles. The molecule has 0 N–H and O–H groups in total. The molecule has 0 aromatic heterocycles. The van der Waals surface area contributed by atoms with E-state index in [1.54, 1.807) is 7.11 Å². The number of hydrogen-bond donors (Lipinski definition) is 0. The minimum Gasteiger partial charge on any atom is -0.384 e. The van der Waals surface area contributed by atoms with Crippen LogP contribution in [0.2, 0.25) is 0 Å². The molecule has 0 aliphatic rings. The van der Waals surface area contributed by atoms with Crippen molar-refractivity contribution >= 4 is 11.6 Å². The molecule has 0 heterocycles. The van der Waals surface area contributed by atoms with Crippen molar-refractivity contribution in [1.82, 2.24) is 0 Å². The molecule has 0 rings (SSSR count). The van der Waals surface area contributed by atoms with E-state index < -0.39 is 0 Å². The van der Waals surface area contributed by atoms with E-state index in [1.807, 2.05) is 0 Å². The number of rotatable bonds is 5. The molecule has 2 heteroatoms. The van der Waals surface area contributed by atoms with Gasteiger partial charge in [0.2, 0.25) is 0 Å². The van der Waals surface area contributed by atoms with Crippen LogP contribution in [0, 0.1) is 5.92 Å². The second-order valence-corrected chi connectivity index (χ2v) is 2.77. The van der Waals surface area contributed by atoms with Crippen molar-refractivity contribution in [2.24, 2.45) is 5.92 Å². The highest BCUT2D eigenvalue weighted by atomic mass is 35.5. The van der Waals surface area contributed by atoms with Crippen molar-refractivity contribution in [3.8, 4) is 0 Å². The molecular weight excluding hydrogens is 136 g/mol. The van der Waals surface area contributed by atoms with Gasteiger partial charge in [-0.2, -0.15) is 0 Å². The van der Waals surface area contributed by atoms with Crippen LogP contribution in [0.4, 0.5) is 0 Å². The first-order valence-corrected chi connectivity index (χ1v) is 3.89. The molecule has 9 heavy (non-hydrogen) atoms. The van der Waals surface area contributed by atoms with E-state index in [0.717, 1.165) is 18.9 Å². The van der Waals surface area contributed by atoms with E-state index >= 15 is 0 Å². The van der Waals surface area contributed by atoms with Gasteiger partial charge in [-0.25, -0.2) is 0 Å². The lowest BCUT2D eigenvalue weighted by atomic mass is 10.1. The van der Waals surface area contributed by atoms with E-state index in [2.05, 4.69) is 6.92 Å². The molecule has 56 valence electrons. The SMILES string of the molecule is COCC(C)CCCCl. The normalized spacial score (nSPS) is 13.7. The summed E-state index contributed by atoms with van der Waals surface area (Å²) in [5.74, 6) is 1.43. The van der Waals surface area contributed by atoms with Crippen LogP contribution in [0.1, 0.15) is 19.8 Å². The van der Waals surface area contributed by atoms with Gasteiger partial charge in [-0.3, -0.25) is 0 Å². The van der Waals surface area contributed by atoms with Crippen LogP contribution in [0.25, 0.3) is 0 Å². The first-order chi connectivity index (χ1) is 4.31. The number of methoxy groups -OCH3 is 1. The summed E-state index contributed by atoms with van der Waals surface area (Å²) in [6.07, 6.45) is 2.28. The molecule has 0 radical (unpaired) electrons. The summed E-state index contributed by atoms with van der Waals surface area (Å²) < 4.78 is 4.96. The van der Waals surface area contributed by atoms with Crippen LogP contribution in [-0.2, 0) is 4.74 Å². The summed E-state index contributed by atoms with van der Waals surface area (Å²) >= 11 is 5.50. The first kappa shape index (κ1) is 9.25. The van der Waals surface area contributed by atoms with Gasteiger partial charge in [0.15, 0.2) is 0 Å². The van der Waals surface area contributed by atoms with Gasteiger partial charge in [0.05, 0.1) is 0 Å². The number of halogens is 1. The lowest BCUT2D eigenvalue weighted by Gasteiger charge is -2.07. The lowest BCUT2D eigenvalue weighted by Crippen LogP contribution is -2.03. The molecule has 0 saturated carbocycles. The maximum atomic E-state index is 5.50. The van der Waals surface area contributed by atoms with Crippen LogP contribution in [0.5, 0.6) is 0 Å². The zero-order chi connectivity index (χ0) is 7.11. The van der Waals surface area contributed by atoms with Gasteiger partial charge in [0.25, 0.3) is 0 Å². The smallest absolute Gasteiger partial charge is 0.0487 e. The first-order valence-electron chi connectivity index (χ1n) is 3.36. The quantitative estimate of drug-likeness (QED) is 0.547. The summed E-state index contributed by atoms with van der Waals surface area (Å²) in [5, 5.41) is 0. The van der Waals surface area contributed by atoms with E-state index in [1.165, 1.54) is 6.42 Å². The third kappa shape index (κ3) is 6.13. The monoisotopic (exact) mass is 150 g/mol. The average Bonchev–Trinajstić information content (AvgIpc) is 1.85. The van der Waals surface area contributed by atoms with E-state index in [0.29, 0.717) is 5.92 Å². The van der Waals surface area contributed by atoms with Gasteiger partial charge in [-0.05, 0) is 18.8 Å². The Morgan fingerprint density at radius 2 is 2.22 bits per heavy atom. The molecule has 0 bridgehead atoms. The Bertz CT molecular complexity index is 56.9. The third-order valence-corrected chi connectivity index (χ3v) is 1.55. The topological polar surface area (TPSA) is 9.23 Å². The lowest BCUT2D eigenvalue weighted by molar-refractivity contribution is 0.155. The highest BCUT2D eigenvalue weighted by Crippen LogP contribution is 2.05. The maximum absolute atomic E-state index is 5.50. The molecular formula is C7H15ClO. The highest BCUT2D eigenvalue weighted by molar-refractivity contribution is 6.17. The van der Waals surface area contributed by atoms with Gasteiger partial charge < -0.3 is 4.74 Å². The zero-order valence-electron chi connectivity index (χ0n) is 6.19. The van der Waals surface area contributed by atoms with Crippen molar-refractivity contribution < 1.29 is 4.74 Å². The van der Waals surface area contributed by atoms with Crippen LogP contribution < -0.4 is 0 Å². The van der Waals surface area contributed by atoms with E-state index in [4.69, 9.17) is 16.3 Å². The molecule has 0 aliphatic heterocycles. The van der Waals surface area contributed by atoms with Crippen LogP contribution in [0.3, 0.4) is 0 Å². The molecule has 1 atom stereocenters. The average molecular weight is 151 g/mol. The summed E-state index contributed by atoms with van der Waals surface area (Å²) in [4.78, 5) is 0. The van der Waals surface area contributed by atoms with Gasteiger partial charge >= 0.3 is 0 Å². The van der Waals surface area contributed by atoms with E-state index in [9.17, 15) is 0 Å². The molecule has 0 aromatic rings.